The van der Waals surface area contributed by atoms with Crippen molar-refractivity contribution in [3.8, 4) is 0 Å². The van der Waals surface area contributed by atoms with E-state index in [1.54, 1.807) is 41.5 Å². The van der Waals surface area contributed by atoms with E-state index in [-0.39, 0.29) is 77.3 Å². The number of esters is 8. The van der Waals surface area contributed by atoms with Crippen LogP contribution in [0.2, 0.25) is 0 Å². The molecule has 0 N–H and O–H groups in total. The Bertz CT molecular complexity index is 1480. The van der Waals surface area contributed by atoms with Crippen molar-refractivity contribution in [3.05, 3.63) is 100 Å². The molecule has 4 unspecified atom stereocenters. The van der Waals surface area contributed by atoms with Crippen molar-refractivity contribution in [2.75, 3.05) is 66.1 Å². The van der Waals surface area contributed by atoms with Gasteiger partial charge in [0.15, 0.2) is 0 Å². The molecule has 19 nitrogen and oxygen atoms in total. The number of rotatable bonds is 32. The standard InChI is InChI=1S/C14H22O5.C12H18O5.C12H18O4.C10H14O5/c1-9(2)13(15)18-11(5)7-17-8-12(6)19-14(16)10(3)4;1-5-11(13)16-9(3)7-15-8-10(4)17-12(14)6-2;1-4-11(13)15-8-6-10(3)7-9-16-12(14)5-2;1-3-9(11)14-7-5-13-6-8-15-10(12)4-2/h11-12H,1,3,7-8H2,2,4-6H3;5-6,9-10H,1-2,7-8H2,3-4H3;4-5,10H,1-2,6-9H2,3H3;3-4H,1-2,5-8H2. The van der Waals surface area contributed by atoms with E-state index in [1.807, 2.05) is 6.92 Å². The smallest absolute Gasteiger partial charge is 0.333 e. The molecule has 0 aromatic carbocycles. The molecule has 0 aromatic rings. The van der Waals surface area contributed by atoms with Crippen molar-refractivity contribution in [1.82, 2.24) is 0 Å². The second-order valence-electron chi connectivity index (χ2n) is 13.8. The molecule has 0 aliphatic rings. The lowest BCUT2D eigenvalue weighted by Crippen LogP contribution is -2.25. The Labute approximate surface area is 395 Å². The zero-order valence-electron chi connectivity index (χ0n) is 40.2. The quantitative estimate of drug-likeness (QED) is 0.0346. The van der Waals surface area contributed by atoms with Gasteiger partial charge < -0.3 is 52.1 Å². The maximum Gasteiger partial charge on any atom is 0.333 e. The molecular formula is C48H72O19. The molecule has 0 amide bonds. The topological polar surface area (TPSA) is 238 Å². The highest BCUT2D eigenvalue weighted by molar-refractivity contribution is 5.87. The van der Waals surface area contributed by atoms with Crippen LogP contribution in [0, 0.1) is 5.92 Å². The van der Waals surface area contributed by atoms with E-state index in [4.69, 9.17) is 42.6 Å². The van der Waals surface area contributed by atoms with Crippen LogP contribution in [0.5, 0.6) is 0 Å². The largest absolute Gasteiger partial charge is 0.463 e. The molecule has 4 atom stereocenters. The third-order valence-electron chi connectivity index (χ3n) is 7.01. The Morgan fingerprint density at radius 1 is 0.373 bits per heavy atom. The van der Waals surface area contributed by atoms with Gasteiger partial charge in [0.25, 0.3) is 0 Å². The number of hydrogen-bond acceptors (Lipinski definition) is 19. The fourth-order valence-electron chi connectivity index (χ4n) is 3.60. The third kappa shape index (κ3) is 48.8. The summed E-state index contributed by atoms with van der Waals surface area (Å²) in [5, 5.41) is 0. The van der Waals surface area contributed by atoms with Crippen LogP contribution in [0.4, 0.5) is 0 Å². The number of carbonyl (C=O) groups excluding carboxylic acids is 8. The second kappa shape index (κ2) is 44.7. The normalized spacial score (nSPS) is 11.5. The molecule has 0 aliphatic heterocycles. The Kier molecular flexibility index (Phi) is 44.9. The SMILES string of the molecule is C=C(C)C(=O)OC(C)COCC(C)OC(=O)C(=C)C.C=CC(=O)OC(C)COCC(C)OC(=O)C=C.C=CC(=O)OCCC(C)CCOC(=O)C=C.C=CC(=O)OCCOCCOC(=O)C=C. The van der Waals surface area contributed by atoms with Gasteiger partial charge in [-0.25, -0.2) is 38.4 Å². The third-order valence-corrected chi connectivity index (χ3v) is 7.01. The van der Waals surface area contributed by atoms with E-state index in [0.717, 1.165) is 49.3 Å². The molecule has 0 heterocycles. The fraction of sp³-hybridized carbons (Fsp3) is 0.500. The van der Waals surface area contributed by atoms with Crippen molar-refractivity contribution in [1.29, 1.82) is 0 Å². The number of carbonyl (C=O) groups is 8. The zero-order valence-corrected chi connectivity index (χ0v) is 40.2. The van der Waals surface area contributed by atoms with E-state index >= 15 is 0 Å². The van der Waals surface area contributed by atoms with Crippen molar-refractivity contribution in [2.45, 2.75) is 85.7 Å². The molecule has 19 heteroatoms. The second-order valence-corrected chi connectivity index (χ2v) is 13.8. The van der Waals surface area contributed by atoms with Crippen LogP contribution in [0.15, 0.2) is 100 Å². The van der Waals surface area contributed by atoms with Gasteiger partial charge in [0.1, 0.15) is 37.6 Å². The summed E-state index contributed by atoms with van der Waals surface area (Å²) in [6.45, 7) is 41.0. The van der Waals surface area contributed by atoms with Gasteiger partial charge in [0.2, 0.25) is 0 Å². The molecule has 0 rings (SSSR count). The molecule has 0 spiro atoms. The first-order valence-corrected chi connectivity index (χ1v) is 20.8. The van der Waals surface area contributed by atoms with Crippen LogP contribution in [0.25, 0.3) is 0 Å². The van der Waals surface area contributed by atoms with E-state index in [2.05, 4.69) is 62.1 Å². The molecular weight excluding hydrogens is 881 g/mol. The Balaban J connectivity index is -0.000000396. The summed E-state index contributed by atoms with van der Waals surface area (Å²) in [5.74, 6) is -3.35. The molecule has 0 bridgehead atoms. The van der Waals surface area contributed by atoms with Gasteiger partial charge in [-0.1, -0.05) is 59.6 Å². The van der Waals surface area contributed by atoms with Gasteiger partial charge in [-0.15, -0.1) is 0 Å². The van der Waals surface area contributed by atoms with Gasteiger partial charge >= 0.3 is 47.8 Å². The maximum atomic E-state index is 11.2. The molecule has 0 radical (unpaired) electrons. The monoisotopic (exact) mass is 952 g/mol. The molecule has 0 saturated heterocycles. The predicted octanol–water partition coefficient (Wildman–Crippen LogP) is 5.58. The molecule has 0 saturated carbocycles. The lowest BCUT2D eigenvalue weighted by atomic mass is 10.1. The summed E-state index contributed by atoms with van der Waals surface area (Å²) in [4.78, 5) is 86.6. The van der Waals surface area contributed by atoms with Crippen molar-refractivity contribution >= 4 is 47.8 Å². The lowest BCUT2D eigenvalue weighted by molar-refractivity contribution is -0.151. The molecule has 0 fully saturated rings. The van der Waals surface area contributed by atoms with Crippen molar-refractivity contribution < 1.29 is 90.5 Å². The average Bonchev–Trinajstić information content (AvgIpc) is 3.28. The van der Waals surface area contributed by atoms with Gasteiger partial charge in [0, 0.05) is 47.6 Å². The van der Waals surface area contributed by atoms with Crippen LogP contribution >= 0.6 is 0 Å². The molecule has 378 valence electrons. The first-order valence-electron chi connectivity index (χ1n) is 20.8. The highest BCUT2D eigenvalue weighted by Crippen LogP contribution is 2.08. The number of hydrogen-bond donors (Lipinski definition) is 0. The average molecular weight is 953 g/mol. The van der Waals surface area contributed by atoms with Gasteiger partial charge in [-0.3, -0.25) is 0 Å². The van der Waals surface area contributed by atoms with Crippen LogP contribution in [-0.2, 0) is 90.5 Å². The Morgan fingerprint density at radius 2 is 0.627 bits per heavy atom. The van der Waals surface area contributed by atoms with Crippen LogP contribution in [-0.4, -0.2) is 138 Å². The summed E-state index contributed by atoms with van der Waals surface area (Å²) in [5.41, 5.74) is 0.686. The first kappa shape index (κ1) is 67.2. The van der Waals surface area contributed by atoms with Crippen LogP contribution in [0.3, 0.4) is 0 Å². The number of ether oxygens (including phenoxy) is 11. The summed E-state index contributed by atoms with van der Waals surface area (Å²) in [7, 11) is 0. The summed E-state index contributed by atoms with van der Waals surface area (Å²) in [6.07, 6.45) is 6.57. The zero-order chi connectivity index (χ0) is 52.2. The van der Waals surface area contributed by atoms with Crippen molar-refractivity contribution in [2.24, 2.45) is 5.92 Å². The lowest BCUT2D eigenvalue weighted by Gasteiger charge is -2.16. The van der Waals surface area contributed by atoms with Crippen LogP contribution in [0.1, 0.15) is 61.3 Å². The minimum Gasteiger partial charge on any atom is -0.463 e. The maximum absolute atomic E-state index is 11.2. The Morgan fingerprint density at radius 3 is 0.881 bits per heavy atom. The van der Waals surface area contributed by atoms with E-state index in [1.165, 1.54) is 0 Å². The highest BCUT2D eigenvalue weighted by Gasteiger charge is 2.14. The summed E-state index contributed by atoms with van der Waals surface area (Å²) in [6, 6.07) is 0. The first-order chi connectivity index (χ1) is 31.5. The van der Waals surface area contributed by atoms with E-state index in [9.17, 15) is 38.4 Å². The predicted molar refractivity (Wildman–Crippen MR) is 248 cm³/mol. The van der Waals surface area contributed by atoms with Crippen LogP contribution < -0.4 is 0 Å². The molecule has 0 aliphatic carbocycles. The van der Waals surface area contributed by atoms with Crippen molar-refractivity contribution in [3.63, 3.8) is 0 Å². The van der Waals surface area contributed by atoms with Gasteiger partial charge in [0.05, 0.1) is 52.9 Å². The fourth-order valence-corrected chi connectivity index (χ4v) is 3.60. The molecule has 67 heavy (non-hydrogen) atoms. The summed E-state index contributed by atoms with van der Waals surface area (Å²) >= 11 is 0. The van der Waals surface area contributed by atoms with Gasteiger partial charge in [-0.2, -0.15) is 0 Å². The molecule has 0 aromatic heterocycles. The summed E-state index contributed by atoms with van der Waals surface area (Å²) < 4.78 is 54.3. The van der Waals surface area contributed by atoms with Gasteiger partial charge in [-0.05, 0) is 60.3 Å². The Hall–Kier alpha value is -6.44. The minimum atomic E-state index is -0.493. The van der Waals surface area contributed by atoms with E-state index < -0.39 is 47.8 Å². The highest BCUT2D eigenvalue weighted by atomic mass is 16.6. The van der Waals surface area contributed by atoms with E-state index in [0.29, 0.717) is 30.3 Å². The minimum absolute atomic E-state index is 0.153.